The number of carboxylic acids is 1. The van der Waals surface area contributed by atoms with Gasteiger partial charge in [-0.1, -0.05) is 36.4 Å². The van der Waals surface area contributed by atoms with E-state index in [1.165, 1.54) is 4.57 Å². The molecule has 1 unspecified atom stereocenters. The molecule has 2 aliphatic rings. The fraction of sp³-hybridized carbons (Fsp3) is 0.448. The quantitative estimate of drug-likeness (QED) is 0.405. The number of nitrogens with one attached hydrogen (secondary N) is 1. The lowest BCUT2D eigenvalue weighted by Crippen LogP contribution is -2.47. The van der Waals surface area contributed by atoms with Crippen molar-refractivity contribution in [2.24, 2.45) is 0 Å². The van der Waals surface area contributed by atoms with Crippen molar-refractivity contribution in [3.8, 4) is 0 Å². The summed E-state index contributed by atoms with van der Waals surface area (Å²) in [6.07, 6.45) is 2.08. The van der Waals surface area contributed by atoms with E-state index in [1.54, 1.807) is 4.57 Å². The van der Waals surface area contributed by atoms with E-state index < -0.39 is 24.0 Å². The third-order valence-corrected chi connectivity index (χ3v) is 7.94. The van der Waals surface area contributed by atoms with E-state index in [4.69, 9.17) is 4.74 Å². The van der Waals surface area contributed by atoms with Crippen LogP contribution in [0.1, 0.15) is 55.7 Å². The summed E-state index contributed by atoms with van der Waals surface area (Å²) in [4.78, 5) is 51.4. The fourth-order valence-corrected chi connectivity index (χ4v) is 5.83. The SMILES string of the molecule is CCn1c(=O)n(C2CCC(=O)NC2=O)c2ccc(C3CCN([C@H](COCc4ccccc4)C(=O)O)CC3)cc21. The number of hydrogen-bond acceptors (Lipinski definition) is 6. The first-order valence-corrected chi connectivity index (χ1v) is 13.5. The maximum Gasteiger partial charge on any atom is 0.329 e. The van der Waals surface area contributed by atoms with Gasteiger partial charge in [0.15, 0.2) is 0 Å². The number of aryl methyl sites for hydroxylation is 1. The number of aromatic nitrogens is 2. The van der Waals surface area contributed by atoms with Gasteiger partial charge in [0.2, 0.25) is 11.8 Å². The van der Waals surface area contributed by atoms with Crippen LogP contribution in [0.5, 0.6) is 0 Å². The van der Waals surface area contributed by atoms with Crippen LogP contribution in [0, 0.1) is 0 Å². The number of hydrogen-bond donors (Lipinski definition) is 2. The molecular formula is C29H34N4O6. The van der Waals surface area contributed by atoms with E-state index in [-0.39, 0.29) is 30.5 Å². The van der Waals surface area contributed by atoms with Crippen molar-refractivity contribution in [2.75, 3.05) is 19.7 Å². The van der Waals surface area contributed by atoms with Gasteiger partial charge >= 0.3 is 11.7 Å². The molecule has 2 N–H and O–H groups in total. The number of ether oxygens (including phenoxy) is 1. The van der Waals surface area contributed by atoms with Crippen molar-refractivity contribution in [3.05, 3.63) is 70.1 Å². The molecule has 10 heteroatoms. The zero-order valence-corrected chi connectivity index (χ0v) is 22.0. The van der Waals surface area contributed by atoms with Gasteiger partial charge in [-0.3, -0.25) is 33.7 Å². The van der Waals surface area contributed by atoms with Crippen LogP contribution in [0.2, 0.25) is 0 Å². The second kappa shape index (κ2) is 11.5. The van der Waals surface area contributed by atoms with Gasteiger partial charge in [0, 0.05) is 13.0 Å². The molecule has 2 saturated heterocycles. The normalized spacial score (nSPS) is 19.8. The van der Waals surface area contributed by atoms with Crippen molar-refractivity contribution >= 4 is 28.8 Å². The molecule has 3 aromatic rings. The number of imidazole rings is 1. The van der Waals surface area contributed by atoms with E-state index in [9.17, 15) is 24.3 Å². The Balaban J connectivity index is 1.29. The first kappa shape index (κ1) is 26.8. The van der Waals surface area contributed by atoms with E-state index in [2.05, 4.69) is 5.32 Å². The number of piperidine rings is 2. The Hall–Kier alpha value is -3.76. The molecule has 3 heterocycles. The highest BCUT2D eigenvalue weighted by molar-refractivity contribution is 6.00. The molecule has 0 radical (unpaired) electrons. The number of likely N-dealkylation sites (tertiary alicyclic amines) is 1. The number of carbonyl (C=O) groups excluding carboxylic acids is 2. The summed E-state index contributed by atoms with van der Waals surface area (Å²) in [6, 6.07) is 14.2. The third kappa shape index (κ3) is 5.53. The average molecular weight is 535 g/mol. The molecule has 2 aromatic carbocycles. The zero-order chi connectivity index (χ0) is 27.5. The Morgan fingerprint density at radius 3 is 2.46 bits per heavy atom. The van der Waals surface area contributed by atoms with Gasteiger partial charge in [-0.25, -0.2) is 4.79 Å². The monoisotopic (exact) mass is 534 g/mol. The molecule has 5 rings (SSSR count). The Morgan fingerprint density at radius 1 is 1.05 bits per heavy atom. The molecule has 39 heavy (non-hydrogen) atoms. The van der Waals surface area contributed by atoms with Crippen molar-refractivity contribution < 1.29 is 24.2 Å². The lowest BCUT2D eigenvalue weighted by molar-refractivity contribution is -0.146. The minimum absolute atomic E-state index is 0.123. The molecule has 2 fully saturated rings. The number of nitrogens with zero attached hydrogens (tertiary/aromatic N) is 3. The van der Waals surface area contributed by atoms with Crippen molar-refractivity contribution in [3.63, 3.8) is 0 Å². The first-order valence-electron chi connectivity index (χ1n) is 13.5. The summed E-state index contributed by atoms with van der Waals surface area (Å²) >= 11 is 0. The van der Waals surface area contributed by atoms with Gasteiger partial charge in [-0.05, 0) is 68.5 Å². The molecule has 2 atom stereocenters. The zero-order valence-electron chi connectivity index (χ0n) is 22.0. The van der Waals surface area contributed by atoms with Gasteiger partial charge in [-0.15, -0.1) is 0 Å². The molecule has 0 spiro atoms. The number of benzene rings is 2. The largest absolute Gasteiger partial charge is 0.480 e. The van der Waals surface area contributed by atoms with Gasteiger partial charge in [0.1, 0.15) is 12.1 Å². The smallest absolute Gasteiger partial charge is 0.329 e. The van der Waals surface area contributed by atoms with Crippen LogP contribution in [0.15, 0.2) is 53.3 Å². The van der Waals surface area contributed by atoms with Crippen molar-refractivity contribution in [2.45, 2.75) is 63.8 Å². The summed E-state index contributed by atoms with van der Waals surface area (Å²) in [5, 5.41) is 12.2. The second-order valence-corrected chi connectivity index (χ2v) is 10.3. The summed E-state index contributed by atoms with van der Waals surface area (Å²) < 4.78 is 8.94. The molecule has 2 aliphatic heterocycles. The van der Waals surface area contributed by atoms with Crippen LogP contribution in [0.4, 0.5) is 0 Å². The molecule has 0 bridgehead atoms. The molecule has 0 saturated carbocycles. The summed E-state index contributed by atoms with van der Waals surface area (Å²) in [7, 11) is 0. The highest BCUT2D eigenvalue weighted by Gasteiger charge is 2.33. The predicted octanol–water partition coefficient (Wildman–Crippen LogP) is 2.65. The Bertz CT molecular complexity index is 1420. The van der Waals surface area contributed by atoms with Crippen molar-refractivity contribution in [1.29, 1.82) is 0 Å². The standard InChI is InChI=1S/C29H34N4O6/c1-2-32-24-16-21(8-9-22(24)33(29(32)38)23-10-11-26(34)30-27(23)35)20-12-14-31(15-13-20)25(28(36)37)18-39-17-19-6-4-3-5-7-19/h3-9,16,20,23,25H,2,10-15,17-18H2,1H3,(H,36,37)(H,30,34,35)/t23?,25-/m1/s1. The topological polar surface area (TPSA) is 123 Å². The van der Waals surface area contributed by atoms with E-state index >= 15 is 0 Å². The Labute approximate surface area is 226 Å². The van der Waals surface area contributed by atoms with E-state index in [1.807, 2.05) is 60.4 Å². The molecule has 10 nitrogen and oxygen atoms in total. The van der Waals surface area contributed by atoms with E-state index in [0.717, 1.165) is 29.5 Å². The van der Waals surface area contributed by atoms with Crippen LogP contribution >= 0.6 is 0 Å². The van der Waals surface area contributed by atoms with Crippen LogP contribution in [0.25, 0.3) is 11.0 Å². The fourth-order valence-electron chi connectivity index (χ4n) is 5.83. The highest BCUT2D eigenvalue weighted by atomic mass is 16.5. The minimum atomic E-state index is -0.885. The van der Waals surface area contributed by atoms with Crippen molar-refractivity contribution in [1.82, 2.24) is 19.4 Å². The van der Waals surface area contributed by atoms with Crippen LogP contribution in [0.3, 0.4) is 0 Å². The predicted molar refractivity (Wildman–Crippen MR) is 144 cm³/mol. The lowest BCUT2D eigenvalue weighted by Gasteiger charge is -2.35. The Morgan fingerprint density at radius 2 is 1.79 bits per heavy atom. The minimum Gasteiger partial charge on any atom is -0.480 e. The number of aliphatic carboxylic acids is 1. The van der Waals surface area contributed by atoms with Gasteiger partial charge < -0.3 is 9.84 Å². The van der Waals surface area contributed by atoms with E-state index in [0.29, 0.717) is 38.2 Å². The maximum atomic E-state index is 13.3. The number of carbonyl (C=O) groups is 3. The van der Waals surface area contributed by atoms with Gasteiger partial charge in [0.05, 0.1) is 24.2 Å². The molecule has 0 aliphatic carbocycles. The molecule has 2 amide bonds. The van der Waals surface area contributed by atoms with Gasteiger partial charge in [-0.2, -0.15) is 0 Å². The summed E-state index contributed by atoms with van der Waals surface area (Å²) in [5.74, 6) is -1.42. The lowest BCUT2D eigenvalue weighted by atomic mass is 9.88. The number of fused-ring (bicyclic) bond motifs is 1. The van der Waals surface area contributed by atoms with Crippen LogP contribution < -0.4 is 11.0 Å². The van der Waals surface area contributed by atoms with Crippen LogP contribution in [-0.2, 0) is 32.3 Å². The molecular weight excluding hydrogens is 500 g/mol. The van der Waals surface area contributed by atoms with Gasteiger partial charge in [0.25, 0.3) is 0 Å². The number of imide groups is 1. The maximum absolute atomic E-state index is 13.3. The summed E-state index contributed by atoms with van der Waals surface area (Å²) in [5.41, 5.74) is 3.29. The Kier molecular flexibility index (Phi) is 7.94. The molecule has 206 valence electrons. The number of carboxylic acid groups (broad SMARTS) is 1. The number of rotatable bonds is 9. The highest BCUT2D eigenvalue weighted by Crippen LogP contribution is 2.32. The first-order chi connectivity index (χ1) is 18.9. The molecule has 1 aromatic heterocycles. The second-order valence-electron chi connectivity index (χ2n) is 10.3. The third-order valence-electron chi connectivity index (χ3n) is 7.94. The summed E-state index contributed by atoms with van der Waals surface area (Å²) in [6.45, 7) is 4.11. The average Bonchev–Trinajstić information content (AvgIpc) is 3.21. The van der Waals surface area contributed by atoms with Crippen LogP contribution in [-0.4, -0.2) is 62.7 Å². The number of amides is 2.